The number of carbonyl (C=O) groups excluding carboxylic acids is 1. The number of hydrogen-bond donors (Lipinski definition) is 1. The van der Waals surface area contributed by atoms with Crippen molar-refractivity contribution in [1.82, 2.24) is 15.5 Å². The minimum atomic E-state index is -0.525. The lowest BCUT2D eigenvalue weighted by Crippen LogP contribution is -2.30. The van der Waals surface area contributed by atoms with Gasteiger partial charge in [0.1, 0.15) is 17.6 Å². The summed E-state index contributed by atoms with van der Waals surface area (Å²) in [6.45, 7) is 0. The van der Waals surface area contributed by atoms with E-state index in [1.807, 2.05) is 24.3 Å². The van der Waals surface area contributed by atoms with Gasteiger partial charge in [-0.15, -0.1) is 10.2 Å². The number of ether oxygens (including phenoxy) is 2. The molecule has 2 aromatic heterocycles. The summed E-state index contributed by atoms with van der Waals surface area (Å²) in [6.07, 6.45) is 1.55. The summed E-state index contributed by atoms with van der Waals surface area (Å²) in [5.41, 5.74) is 0.946. The number of furan rings is 1. The fourth-order valence-corrected chi connectivity index (χ4v) is 2.42. The summed E-state index contributed by atoms with van der Waals surface area (Å²) in [4.78, 5) is 12.6. The molecule has 0 spiro atoms. The van der Waals surface area contributed by atoms with Crippen LogP contribution in [-0.2, 0) is 0 Å². The number of benzene rings is 1. The van der Waals surface area contributed by atoms with Gasteiger partial charge in [0.2, 0.25) is 5.88 Å². The minimum absolute atomic E-state index is 0.173. The predicted molar refractivity (Wildman–Crippen MR) is 89.6 cm³/mol. The maximum absolute atomic E-state index is 12.6. The summed E-state index contributed by atoms with van der Waals surface area (Å²) in [7, 11) is 3.06. The van der Waals surface area contributed by atoms with Crippen LogP contribution in [0.3, 0.4) is 0 Å². The molecule has 0 aliphatic carbocycles. The Morgan fingerprint density at radius 3 is 2.52 bits per heavy atom. The standard InChI is InChI=1S/C18H17N3O4/c1-23-14-7-4-3-6-12(14)17(15-8-5-11-25-15)19-18(22)13-9-10-16(24-2)21-20-13/h3-11,17H,1-2H3,(H,19,22). The third-order valence-electron chi connectivity index (χ3n) is 3.63. The van der Waals surface area contributed by atoms with Gasteiger partial charge in [-0.05, 0) is 24.3 Å². The molecule has 3 rings (SSSR count). The average Bonchev–Trinajstić information content (AvgIpc) is 3.20. The highest BCUT2D eigenvalue weighted by atomic mass is 16.5. The molecule has 2 heterocycles. The average molecular weight is 339 g/mol. The van der Waals surface area contributed by atoms with Gasteiger partial charge in [-0.1, -0.05) is 18.2 Å². The fraction of sp³-hybridized carbons (Fsp3) is 0.167. The molecule has 0 radical (unpaired) electrons. The van der Waals surface area contributed by atoms with E-state index in [1.165, 1.54) is 7.11 Å². The van der Waals surface area contributed by atoms with Crippen LogP contribution >= 0.6 is 0 Å². The molecule has 7 nitrogen and oxygen atoms in total. The number of nitrogens with zero attached hydrogens (tertiary/aromatic N) is 2. The number of amides is 1. The van der Waals surface area contributed by atoms with Crippen LogP contribution in [0.25, 0.3) is 0 Å². The largest absolute Gasteiger partial charge is 0.496 e. The highest BCUT2D eigenvalue weighted by Crippen LogP contribution is 2.30. The second-order valence-corrected chi connectivity index (χ2v) is 5.12. The second-order valence-electron chi connectivity index (χ2n) is 5.12. The molecule has 1 atom stereocenters. The molecule has 3 aromatic rings. The van der Waals surface area contributed by atoms with Crippen LogP contribution in [0.15, 0.2) is 59.2 Å². The van der Waals surface area contributed by atoms with Gasteiger partial charge in [0.15, 0.2) is 5.69 Å². The van der Waals surface area contributed by atoms with Crippen LogP contribution in [0.1, 0.15) is 27.9 Å². The maximum Gasteiger partial charge on any atom is 0.272 e. The monoisotopic (exact) mass is 339 g/mol. The Bertz CT molecular complexity index is 832. The number of nitrogens with one attached hydrogen (secondary N) is 1. The number of hydrogen-bond acceptors (Lipinski definition) is 6. The number of carbonyl (C=O) groups is 1. The molecule has 1 aromatic carbocycles. The number of methoxy groups -OCH3 is 2. The topological polar surface area (TPSA) is 86.5 Å². The SMILES string of the molecule is COc1ccc(C(=O)NC(c2ccco2)c2ccccc2OC)nn1. The number of aromatic nitrogens is 2. The molecule has 1 N–H and O–H groups in total. The van der Waals surface area contributed by atoms with Crippen molar-refractivity contribution in [3.05, 3.63) is 71.8 Å². The van der Waals surface area contributed by atoms with Crippen molar-refractivity contribution >= 4 is 5.91 Å². The highest BCUT2D eigenvalue weighted by Gasteiger charge is 2.24. The lowest BCUT2D eigenvalue weighted by Gasteiger charge is -2.19. The van der Waals surface area contributed by atoms with Crippen molar-refractivity contribution in [3.63, 3.8) is 0 Å². The molecule has 1 unspecified atom stereocenters. The zero-order valence-electron chi connectivity index (χ0n) is 13.8. The first-order valence-electron chi connectivity index (χ1n) is 7.58. The van der Waals surface area contributed by atoms with Crippen molar-refractivity contribution in [2.45, 2.75) is 6.04 Å². The molecule has 0 aliphatic rings. The Kier molecular flexibility index (Phi) is 4.94. The molecule has 128 valence electrons. The zero-order valence-corrected chi connectivity index (χ0v) is 13.8. The fourth-order valence-electron chi connectivity index (χ4n) is 2.42. The lowest BCUT2D eigenvalue weighted by atomic mass is 10.0. The van der Waals surface area contributed by atoms with Crippen molar-refractivity contribution < 1.29 is 18.7 Å². The van der Waals surface area contributed by atoms with E-state index in [9.17, 15) is 4.79 Å². The summed E-state index contributed by atoms with van der Waals surface area (Å²) in [5, 5.41) is 10.6. The molecule has 7 heteroatoms. The summed E-state index contributed by atoms with van der Waals surface area (Å²) >= 11 is 0. The van der Waals surface area contributed by atoms with Gasteiger partial charge in [0.25, 0.3) is 5.91 Å². The molecule has 1 amide bonds. The Morgan fingerprint density at radius 2 is 1.88 bits per heavy atom. The molecule has 0 saturated carbocycles. The Morgan fingerprint density at radius 1 is 1.04 bits per heavy atom. The molecule has 0 saturated heterocycles. The van der Waals surface area contributed by atoms with Gasteiger partial charge in [0, 0.05) is 11.6 Å². The smallest absolute Gasteiger partial charge is 0.272 e. The first-order chi connectivity index (χ1) is 12.2. The summed E-state index contributed by atoms with van der Waals surface area (Å²) < 4.78 is 15.9. The first-order valence-corrected chi connectivity index (χ1v) is 7.58. The lowest BCUT2D eigenvalue weighted by molar-refractivity contribution is 0.0932. The van der Waals surface area contributed by atoms with Gasteiger partial charge in [-0.25, -0.2) is 0 Å². The van der Waals surface area contributed by atoms with Crippen molar-refractivity contribution in [3.8, 4) is 11.6 Å². The van der Waals surface area contributed by atoms with Crippen LogP contribution in [-0.4, -0.2) is 30.3 Å². The van der Waals surface area contributed by atoms with E-state index in [-0.39, 0.29) is 11.6 Å². The van der Waals surface area contributed by atoms with Crippen LogP contribution in [0.2, 0.25) is 0 Å². The molecule has 25 heavy (non-hydrogen) atoms. The maximum atomic E-state index is 12.6. The Hall–Kier alpha value is -3.35. The van der Waals surface area contributed by atoms with Crippen LogP contribution < -0.4 is 14.8 Å². The molecular weight excluding hydrogens is 322 g/mol. The number of rotatable bonds is 6. The molecule has 0 aliphatic heterocycles. The summed E-state index contributed by atoms with van der Waals surface area (Å²) in [6, 6.07) is 13.6. The molecule has 0 bridgehead atoms. The number of para-hydroxylation sites is 1. The van der Waals surface area contributed by atoms with E-state index in [0.717, 1.165) is 5.56 Å². The third-order valence-corrected chi connectivity index (χ3v) is 3.63. The van der Waals surface area contributed by atoms with E-state index < -0.39 is 6.04 Å². The molecular formula is C18H17N3O4. The third kappa shape index (κ3) is 3.60. The van der Waals surface area contributed by atoms with Gasteiger partial charge < -0.3 is 19.2 Å². The van der Waals surface area contributed by atoms with Gasteiger partial charge in [0.05, 0.1) is 20.5 Å². The van der Waals surface area contributed by atoms with E-state index in [4.69, 9.17) is 13.9 Å². The van der Waals surface area contributed by atoms with Gasteiger partial charge >= 0.3 is 0 Å². The van der Waals surface area contributed by atoms with Crippen molar-refractivity contribution in [2.75, 3.05) is 14.2 Å². The molecule has 0 fully saturated rings. The summed E-state index contributed by atoms with van der Waals surface area (Å²) in [5.74, 6) is 1.18. The van der Waals surface area contributed by atoms with E-state index in [0.29, 0.717) is 17.4 Å². The van der Waals surface area contributed by atoms with E-state index >= 15 is 0 Å². The highest BCUT2D eigenvalue weighted by molar-refractivity contribution is 5.92. The van der Waals surface area contributed by atoms with Gasteiger partial charge in [-0.3, -0.25) is 4.79 Å². The Labute approximate surface area is 144 Å². The predicted octanol–water partition coefficient (Wildman–Crippen LogP) is 2.61. The second kappa shape index (κ2) is 7.48. The van der Waals surface area contributed by atoms with Gasteiger partial charge in [-0.2, -0.15) is 0 Å². The van der Waals surface area contributed by atoms with E-state index in [1.54, 1.807) is 37.6 Å². The van der Waals surface area contributed by atoms with Crippen molar-refractivity contribution in [1.29, 1.82) is 0 Å². The normalized spacial score (nSPS) is 11.6. The Balaban J connectivity index is 1.91. The first kappa shape index (κ1) is 16.5. The minimum Gasteiger partial charge on any atom is -0.496 e. The zero-order chi connectivity index (χ0) is 17.6. The van der Waals surface area contributed by atoms with Crippen molar-refractivity contribution in [2.24, 2.45) is 0 Å². The van der Waals surface area contributed by atoms with E-state index in [2.05, 4.69) is 15.5 Å². The van der Waals surface area contributed by atoms with Crippen LogP contribution in [0.4, 0.5) is 0 Å². The van der Waals surface area contributed by atoms with Crippen LogP contribution in [0, 0.1) is 0 Å². The quantitative estimate of drug-likeness (QED) is 0.743. The van der Waals surface area contributed by atoms with Crippen LogP contribution in [0.5, 0.6) is 11.6 Å².